The Bertz CT molecular complexity index is 1220. The van der Waals surface area contributed by atoms with E-state index in [1.165, 1.54) is 0 Å². The Morgan fingerprint density at radius 2 is 1.87 bits per heavy atom. The molecule has 0 aromatic heterocycles. The number of hydrogen-bond donors (Lipinski definition) is 3. The SMILES string of the molecule is Cc1ccc(C)c(NC(=O)C2N(CCCCO)C(=O)[C@@H]3[C@@H](C(=O)NCc4ccccc4)[C@H]4CC(C)C23S4)c1. The standard InChI is InChI=1S/C30H37N3O4S/c1-18-11-12-19(2)22(15-18)32-28(36)26-30-20(3)16-23(38-30)24(25(30)29(37)33(26)13-7-8-14-34)27(35)31-17-21-9-5-4-6-10-21/h4-6,9-12,15,20,23-26,34H,7-8,13-14,16-17H2,1-3H3,(H,31,35)(H,32,36)/t20?,23-,24+,25+,26?,30?/m1/s1. The fraction of sp³-hybridized carbons (Fsp3) is 0.500. The second-order valence-corrected chi connectivity index (χ2v) is 12.6. The van der Waals surface area contributed by atoms with Crippen molar-refractivity contribution in [3.63, 3.8) is 0 Å². The second-order valence-electron chi connectivity index (χ2n) is 11.0. The normalized spacial score (nSPS) is 29.4. The van der Waals surface area contributed by atoms with Gasteiger partial charge in [0.25, 0.3) is 0 Å². The number of anilines is 1. The molecule has 202 valence electrons. The highest BCUT2D eigenvalue weighted by atomic mass is 32.2. The molecule has 3 N–H and O–H groups in total. The molecule has 8 heteroatoms. The van der Waals surface area contributed by atoms with Gasteiger partial charge in [0, 0.05) is 30.6 Å². The van der Waals surface area contributed by atoms with Gasteiger partial charge in [-0.3, -0.25) is 14.4 Å². The maximum absolute atomic E-state index is 14.1. The highest BCUT2D eigenvalue weighted by Crippen LogP contribution is 2.68. The molecule has 3 aliphatic rings. The van der Waals surface area contributed by atoms with Crippen molar-refractivity contribution in [3.05, 3.63) is 65.2 Å². The molecular weight excluding hydrogens is 498 g/mol. The van der Waals surface area contributed by atoms with Crippen LogP contribution in [0.5, 0.6) is 0 Å². The van der Waals surface area contributed by atoms with Gasteiger partial charge in [0.15, 0.2) is 0 Å². The lowest BCUT2D eigenvalue weighted by Crippen LogP contribution is -2.55. The van der Waals surface area contributed by atoms with E-state index in [-0.39, 0.29) is 35.5 Å². The van der Waals surface area contributed by atoms with Crippen LogP contribution in [0.1, 0.15) is 42.9 Å². The summed E-state index contributed by atoms with van der Waals surface area (Å²) in [6, 6.07) is 15.0. The van der Waals surface area contributed by atoms with Crippen molar-refractivity contribution in [1.29, 1.82) is 0 Å². The zero-order chi connectivity index (χ0) is 27.0. The zero-order valence-corrected chi connectivity index (χ0v) is 23.1. The maximum Gasteiger partial charge on any atom is 0.248 e. The van der Waals surface area contributed by atoms with Crippen LogP contribution in [0, 0.1) is 31.6 Å². The van der Waals surface area contributed by atoms with E-state index in [1.807, 2.05) is 62.4 Å². The molecule has 0 saturated carbocycles. The average Bonchev–Trinajstić information content (AvgIpc) is 3.49. The Labute approximate surface area is 228 Å². The Morgan fingerprint density at radius 3 is 2.61 bits per heavy atom. The summed E-state index contributed by atoms with van der Waals surface area (Å²) in [5.74, 6) is -1.30. The van der Waals surface area contributed by atoms with Crippen LogP contribution in [0.25, 0.3) is 0 Å². The molecule has 0 radical (unpaired) electrons. The van der Waals surface area contributed by atoms with Crippen LogP contribution in [0.4, 0.5) is 5.69 Å². The van der Waals surface area contributed by atoms with Crippen LogP contribution in [-0.2, 0) is 20.9 Å². The van der Waals surface area contributed by atoms with Crippen molar-refractivity contribution < 1.29 is 19.5 Å². The van der Waals surface area contributed by atoms with E-state index in [2.05, 4.69) is 17.6 Å². The number of likely N-dealkylation sites (tertiary alicyclic amines) is 1. The number of benzene rings is 2. The van der Waals surface area contributed by atoms with Crippen LogP contribution >= 0.6 is 11.8 Å². The number of hydrogen-bond acceptors (Lipinski definition) is 5. The van der Waals surface area contributed by atoms with E-state index in [0.29, 0.717) is 25.9 Å². The van der Waals surface area contributed by atoms with Crippen molar-refractivity contribution >= 4 is 35.2 Å². The molecule has 0 aliphatic carbocycles. The minimum absolute atomic E-state index is 0.00493. The van der Waals surface area contributed by atoms with Gasteiger partial charge in [0.05, 0.1) is 16.6 Å². The summed E-state index contributed by atoms with van der Waals surface area (Å²) >= 11 is 1.68. The number of amides is 3. The number of unbranched alkanes of at least 4 members (excludes halogenated alkanes) is 1. The highest BCUT2D eigenvalue weighted by Gasteiger charge is 2.75. The number of aryl methyl sites for hydroxylation is 2. The van der Waals surface area contributed by atoms with Gasteiger partial charge in [-0.15, -0.1) is 11.8 Å². The number of nitrogens with one attached hydrogen (secondary N) is 2. The first-order chi connectivity index (χ1) is 18.3. The van der Waals surface area contributed by atoms with Crippen LogP contribution < -0.4 is 10.6 Å². The molecule has 3 amide bonds. The van der Waals surface area contributed by atoms with Crippen LogP contribution in [0.15, 0.2) is 48.5 Å². The molecule has 1 spiro atoms. The van der Waals surface area contributed by atoms with Crippen molar-refractivity contribution in [1.82, 2.24) is 10.2 Å². The Kier molecular flexibility index (Phi) is 7.56. The zero-order valence-electron chi connectivity index (χ0n) is 22.3. The molecule has 2 bridgehead atoms. The van der Waals surface area contributed by atoms with E-state index >= 15 is 0 Å². The predicted octanol–water partition coefficient (Wildman–Crippen LogP) is 3.67. The summed E-state index contributed by atoms with van der Waals surface area (Å²) in [7, 11) is 0. The number of carbonyl (C=O) groups is 3. The van der Waals surface area contributed by atoms with Gasteiger partial charge in [-0.2, -0.15) is 0 Å². The smallest absolute Gasteiger partial charge is 0.248 e. The number of rotatable bonds is 9. The lowest BCUT2D eigenvalue weighted by Gasteiger charge is -2.38. The van der Waals surface area contributed by atoms with Gasteiger partial charge in [0.1, 0.15) is 6.04 Å². The maximum atomic E-state index is 14.1. The largest absolute Gasteiger partial charge is 0.396 e. The third-order valence-corrected chi connectivity index (χ3v) is 10.6. The van der Waals surface area contributed by atoms with Crippen molar-refractivity contribution in [2.24, 2.45) is 17.8 Å². The minimum atomic E-state index is -0.671. The lowest BCUT2D eigenvalue weighted by atomic mass is 9.66. The van der Waals surface area contributed by atoms with Gasteiger partial charge in [-0.25, -0.2) is 0 Å². The lowest BCUT2D eigenvalue weighted by molar-refractivity contribution is -0.139. The van der Waals surface area contributed by atoms with Gasteiger partial charge < -0.3 is 20.6 Å². The quantitative estimate of drug-likeness (QED) is 0.426. The van der Waals surface area contributed by atoms with Crippen molar-refractivity contribution in [3.8, 4) is 0 Å². The van der Waals surface area contributed by atoms with E-state index < -0.39 is 22.6 Å². The van der Waals surface area contributed by atoms with Gasteiger partial charge in [0.2, 0.25) is 17.7 Å². The first kappa shape index (κ1) is 26.8. The third-order valence-electron chi connectivity index (χ3n) is 8.56. The highest BCUT2D eigenvalue weighted by molar-refractivity contribution is 8.02. The number of carbonyl (C=O) groups excluding carboxylic acids is 3. The van der Waals surface area contributed by atoms with Crippen LogP contribution in [-0.4, -0.2) is 56.9 Å². The molecule has 3 saturated heterocycles. The summed E-state index contributed by atoms with van der Waals surface area (Å²) < 4.78 is -0.655. The summed E-state index contributed by atoms with van der Waals surface area (Å²) in [6.07, 6.45) is 1.96. The molecule has 6 atom stereocenters. The number of nitrogens with zero attached hydrogens (tertiary/aromatic N) is 1. The summed E-state index contributed by atoms with van der Waals surface area (Å²) in [6.45, 7) is 6.90. The molecular formula is C30H37N3O4S. The first-order valence-corrected chi connectivity index (χ1v) is 14.4. The Hall–Kier alpha value is -2.84. The molecule has 3 fully saturated rings. The molecule has 3 aliphatic heterocycles. The Balaban J connectivity index is 1.45. The molecule has 38 heavy (non-hydrogen) atoms. The molecule has 7 nitrogen and oxygen atoms in total. The molecule has 3 heterocycles. The fourth-order valence-electron chi connectivity index (χ4n) is 6.73. The van der Waals surface area contributed by atoms with E-state index in [9.17, 15) is 19.5 Å². The van der Waals surface area contributed by atoms with E-state index in [4.69, 9.17) is 0 Å². The molecule has 2 aromatic carbocycles. The van der Waals surface area contributed by atoms with Gasteiger partial charge >= 0.3 is 0 Å². The average molecular weight is 536 g/mol. The fourth-order valence-corrected chi connectivity index (χ4v) is 9.15. The van der Waals surface area contributed by atoms with E-state index in [1.54, 1.807) is 16.7 Å². The van der Waals surface area contributed by atoms with E-state index in [0.717, 1.165) is 28.8 Å². The Morgan fingerprint density at radius 1 is 1.11 bits per heavy atom. The third kappa shape index (κ3) is 4.51. The van der Waals surface area contributed by atoms with Gasteiger partial charge in [-0.05, 0) is 61.8 Å². The van der Waals surface area contributed by atoms with Crippen LogP contribution in [0.3, 0.4) is 0 Å². The van der Waals surface area contributed by atoms with Crippen molar-refractivity contribution in [2.75, 3.05) is 18.5 Å². The van der Waals surface area contributed by atoms with Crippen molar-refractivity contribution in [2.45, 2.75) is 62.6 Å². The summed E-state index contributed by atoms with van der Waals surface area (Å²) in [5.41, 5.74) is 3.77. The number of aliphatic hydroxyl groups is 1. The monoisotopic (exact) mass is 535 g/mol. The molecule has 5 rings (SSSR count). The summed E-state index contributed by atoms with van der Waals surface area (Å²) in [4.78, 5) is 43.4. The minimum Gasteiger partial charge on any atom is -0.396 e. The van der Waals surface area contributed by atoms with Crippen LogP contribution in [0.2, 0.25) is 0 Å². The predicted molar refractivity (Wildman–Crippen MR) is 150 cm³/mol. The number of thioether (sulfide) groups is 1. The first-order valence-electron chi connectivity index (χ1n) is 13.6. The summed E-state index contributed by atoms with van der Waals surface area (Å²) in [5, 5.41) is 15.6. The molecule has 3 unspecified atom stereocenters. The topological polar surface area (TPSA) is 98.7 Å². The van der Waals surface area contributed by atoms with Gasteiger partial charge in [-0.1, -0.05) is 49.4 Å². The number of fused-ring (bicyclic) bond motifs is 1. The number of aliphatic hydroxyl groups excluding tert-OH is 1. The molecule has 2 aromatic rings. The second kappa shape index (κ2) is 10.7.